The molecule has 0 aromatic heterocycles. The van der Waals surface area contributed by atoms with Gasteiger partial charge in [0.2, 0.25) is 5.91 Å². The van der Waals surface area contributed by atoms with E-state index in [1.807, 2.05) is 48.8 Å². The van der Waals surface area contributed by atoms with E-state index in [2.05, 4.69) is 0 Å². The van der Waals surface area contributed by atoms with Crippen LogP contribution in [-0.4, -0.2) is 36.1 Å². The van der Waals surface area contributed by atoms with E-state index in [0.717, 1.165) is 23.5 Å². The van der Waals surface area contributed by atoms with Crippen molar-refractivity contribution < 1.29 is 14.7 Å². The van der Waals surface area contributed by atoms with Crippen molar-refractivity contribution in [1.29, 1.82) is 0 Å². The Bertz CT molecular complexity index is 554. The van der Waals surface area contributed by atoms with Gasteiger partial charge in [0.15, 0.2) is 0 Å². The number of rotatable bonds is 6. The third-order valence-corrected chi connectivity index (χ3v) is 3.79. The summed E-state index contributed by atoms with van der Waals surface area (Å²) in [5, 5.41) is 8.81. The van der Waals surface area contributed by atoms with Crippen LogP contribution in [0.4, 0.5) is 11.4 Å². The van der Waals surface area contributed by atoms with Crippen molar-refractivity contribution in [3.8, 4) is 0 Å². The molecule has 1 aromatic rings. The first-order valence-electron chi connectivity index (χ1n) is 7.35. The van der Waals surface area contributed by atoms with Gasteiger partial charge < -0.3 is 14.9 Å². The first kappa shape index (κ1) is 15.4. The van der Waals surface area contributed by atoms with Gasteiger partial charge in [0, 0.05) is 30.5 Å². The summed E-state index contributed by atoms with van der Waals surface area (Å²) in [5.74, 6) is -0.665. The number of benzene rings is 1. The molecule has 1 aliphatic heterocycles. The van der Waals surface area contributed by atoms with Gasteiger partial charge in [-0.1, -0.05) is 0 Å². The van der Waals surface area contributed by atoms with E-state index in [1.54, 1.807) is 0 Å². The van der Waals surface area contributed by atoms with Gasteiger partial charge in [0.1, 0.15) is 0 Å². The van der Waals surface area contributed by atoms with Crippen molar-refractivity contribution in [3.05, 3.63) is 23.8 Å². The van der Waals surface area contributed by atoms with Crippen LogP contribution in [0.5, 0.6) is 0 Å². The minimum absolute atomic E-state index is 0.113. The second-order valence-electron chi connectivity index (χ2n) is 5.57. The van der Waals surface area contributed by atoms with E-state index in [1.165, 1.54) is 0 Å². The zero-order valence-corrected chi connectivity index (χ0v) is 12.8. The second-order valence-corrected chi connectivity index (χ2v) is 5.57. The minimum atomic E-state index is -0.796. The van der Waals surface area contributed by atoms with E-state index < -0.39 is 5.97 Å². The molecule has 1 heterocycles. The lowest BCUT2D eigenvalue weighted by atomic mass is 10.1. The van der Waals surface area contributed by atoms with E-state index >= 15 is 0 Å². The highest BCUT2D eigenvalue weighted by molar-refractivity contribution is 6.02. The smallest absolute Gasteiger partial charge is 0.305 e. The zero-order chi connectivity index (χ0) is 15.6. The monoisotopic (exact) mass is 290 g/mol. The van der Waals surface area contributed by atoms with Gasteiger partial charge in [-0.2, -0.15) is 0 Å². The molecule has 1 amide bonds. The van der Waals surface area contributed by atoms with Crippen LogP contribution in [0.25, 0.3) is 0 Å². The van der Waals surface area contributed by atoms with E-state index in [9.17, 15) is 9.59 Å². The van der Waals surface area contributed by atoms with Gasteiger partial charge >= 0.3 is 5.97 Å². The second kappa shape index (κ2) is 6.16. The largest absolute Gasteiger partial charge is 0.481 e. The molecule has 0 bridgehead atoms. The average Bonchev–Trinajstić information content (AvgIpc) is 2.74. The Kier molecular flexibility index (Phi) is 4.50. The number of fused-ring (bicyclic) bond motifs is 1. The maximum atomic E-state index is 12.1. The molecule has 1 N–H and O–H groups in total. The van der Waals surface area contributed by atoms with Crippen molar-refractivity contribution in [2.45, 2.75) is 39.7 Å². The quantitative estimate of drug-likeness (QED) is 0.873. The number of carboxylic acid groups (broad SMARTS) is 1. The molecule has 0 aliphatic carbocycles. The van der Waals surface area contributed by atoms with Gasteiger partial charge in [-0.15, -0.1) is 0 Å². The molecule has 0 unspecified atom stereocenters. The van der Waals surface area contributed by atoms with Crippen molar-refractivity contribution in [2.75, 3.05) is 22.9 Å². The Balaban J connectivity index is 2.23. The van der Waals surface area contributed by atoms with Crippen molar-refractivity contribution in [1.82, 2.24) is 0 Å². The predicted octanol–water partition coefficient (Wildman–Crippen LogP) is 2.29. The number of nitrogens with zero attached hydrogens (tertiary/aromatic N) is 2. The number of amides is 1. The Labute approximate surface area is 125 Å². The number of anilines is 2. The van der Waals surface area contributed by atoms with Crippen LogP contribution in [0.3, 0.4) is 0 Å². The maximum Gasteiger partial charge on any atom is 0.305 e. The lowest BCUT2D eigenvalue weighted by Gasteiger charge is -2.25. The molecule has 1 aliphatic rings. The Hall–Kier alpha value is -2.04. The maximum absolute atomic E-state index is 12.1. The molecular weight excluding hydrogens is 268 g/mol. The lowest BCUT2D eigenvalue weighted by Crippen LogP contribution is -2.33. The Morgan fingerprint density at radius 3 is 2.71 bits per heavy atom. The number of aliphatic carboxylic acids is 1. The third kappa shape index (κ3) is 3.17. The Morgan fingerprint density at radius 1 is 1.43 bits per heavy atom. The van der Waals surface area contributed by atoms with Crippen molar-refractivity contribution in [3.63, 3.8) is 0 Å². The lowest BCUT2D eigenvalue weighted by molar-refractivity contribution is -0.136. The SMILES string of the molecule is CCN(CCC(=O)O)c1ccc2c(c1)CC(=O)N2C(C)C. The van der Waals surface area contributed by atoms with E-state index in [-0.39, 0.29) is 18.4 Å². The predicted molar refractivity (Wildman–Crippen MR) is 82.9 cm³/mol. The summed E-state index contributed by atoms with van der Waals surface area (Å²) in [6, 6.07) is 6.11. The normalized spacial score (nSPS) is 13.7. The molecule has 0 saturated heterocycles. The molecule has 0 fully saturated rings. The topological polar surface area (TPSA) is 60.9 Å². The molecular formula is C16H22N2O3. The summed E-state index contributed by atoms with van der Waals surface area (Å²) in [6.07, 6.45) is 0.541. The highest BCUT2D eigenvalue weighted by Gasteiger charge is 2.29. The fourth-order valence-electron chi connectivity index (χ4n) is 2.79. The number of hydrogen-bond acceptors (Lipinski definition) is 3. The van der Waals surface area contributed by atoms with Gasteiger partial charge in [-0.25, -0.2) is 0 Å². The number of hydrogen-bond donors (Lipinski definition) is 1. The summed E-state index contributed by atoms with van der Waals surface area (Å²) in [6.45, 7) is 7.24. The standard InChI is InChI=1S/C16H22N2O3/c1-4-17(8-7-16(20)21)13-5-6-14-12(9-13)10-15(19)18(14)11(2)3/h5-6,9,11H,4,7-8,10H2,1-3H3,(H,20,21). The summed E-state index contributed by atoms with van der Waals surface area (Å²) < 4.78 is 0. The van der Waals surface area contributed by atoms with Crippen LogP contribution in [0.2, 0.25) is 0 Å². The number of carbonyl (C=O) groups is 2. The van der Waals surface area contributed by atoms with Crippen LogP contribution in [-0.2, 0) is 16.0 Å². The van der Waals surface area contributed by atoms with E-state index in [0.29, 0.717) is 13.0 Å². The minimum Gasteiger partial charge on any atom is -0.481 e. The summed E-state index contributed by atoms with van der Waals surface area (Å²) >= 11 is 0. The van der Waals surface area contributed by atoms with E-state index in [4.69, 9.17) is 5.11 Å². The zero-order valence-electron chi connectivity index (χ0n) is 12.8. The Morgan fingerprint density at radius 2 is 2.14 bits per heavy atom. The third-order valence-electron chi connectivity index (χ3n) is 3.79. The molecule has 0 saturated carbocycles. The highest BCUT2D eigenvalue weighted by atomic mass is 16.4. The molecule has 21 heavy (non-hydrogen) atoms. The molecule has 114 valence electrons. The van der Waals surface area contributed by atoms with Crippen LogP contribution in [0, 0.1) is 0 Å². The van der Waals surface area contributed by atoms with Crippen LogP contribution >= 0.6 is 0 Å². The van der Waals surface area contributed by atoms with Crippen molar-refractivity contribution in [2.24, 2.45) is 0 Å². The van der Waals surface area contributed by atoms with Gasteiger partial charge in [0.25, 0.3) is 0 Å². The van der Waals surface area contributed by atoms with Gasteiger partial charge in [0.05, 0.1) is 12.8 Å². The highest BCUT2D eigenvalue weighted by Crippen LogP contribution is 2.33. The number of carbonyl (C=O) groups excluding carboxylic acids is 1. The summed E-state index contributed by atoms with van der Waals surface area (Å²) in [4.78, 5) is 26.6. The average molecular weight is 290 g/mol. The van der Waals surface area contributed by atoms with Crippen molar-refractivity contribution >= 4 is 23.3 Å². The van der Waals surface area contributed by atoms with Gasteiger partial charge in [-0.3, -0.25) is 9.59 Å². The molecule has 0 atom stereocenters. The number of carboxylic acids is 1. The van der Waals surface area contributed by atoms with Crippen LogP contribution in [0.1, 0.15) is 32.8 Å². The summed E-state index contributed by atoms with van der Waals surface area (Å²) in [7, 11) is 0. The molecule has 2 rings (SSSR count). The molecule has 5 nitrogen and oxygen atoms in total. The summed E-state index contributed by atoms with van der Waals surface area (Å²) in [5.41, 5.74) is 2.99. The molecule has 0 spiro atoms. The van der Waals surface area contributed by atoms with Crippen LogP contribution < -0.4 is 9.80 Å². The first-order valence-corrected chi connectivity index (χ1v) is 7.35. The molecule has 5 heteroatoms. The van der Waals surface area contributed by atoms with Gasteiger partial charge in [-0.05, 0) is 44.5 Å². The molecule has 1 aromatic carbocycles. The first-order chi connectivity index (χ1) is 9.93. The van der Waals surface area contributed by atoms with Crippen LogP contribution in [0.15, 0.2) is 18.2 Å². The fourth-order valence-corrected chi connectivity index (χ4v) is 2.79. The molecule has 0 radical (unpaired) electrons. The fraction of sp³-hybridized carbons (Fsp3) is 0.500.